The summed E-state index contributed by atoms with van der Waals surface area (Å²) >= 11 is 0. The highest BCUT2D eigenvalue weighted by Crippen LogP contribution is 2.17. The van der Waals surface area contributed by atoms with Crippen LogP contribution in [-0.4, -0.2) is 32.1 Å². The molecule has 0 spiro atoms. The second-order valence-corrected chi connectivity index (χ2v) is 6.25. The Morgan fingerprint density at radius 1 is 1.23 bits per heavy atom. The van der Waals surface area contributed by atoms with Gasteiger partial charge in [-0.25, -0.2) is 0 Å². The summed E-state index contributed by atoms with van der Waals surface area (Å²) in [5.74, 6) is -0.0696. The molecule has 0 radical (unpaired) electrons. The molecule has 128 valence electrons. The highest BCUT2D eigenvalue weighted by atomic mass is 35.5. The molecule has 1 aromatic carbocycles. The average molecular weight is 350 g/mol. The van der Waals surface area contributed by atoms with Crippen LogP contribution in [0.4, 0.5) is 5.69 Å². The summed E-state index contributed by atoms with van der Waals surface area (Å²) in [5.41, 5.74) is 6.89. The Hall–Kier alpha value is -0.970. The zero-order valence-corrected chi connectivity index (χ0v) is 15.5. The van der Waals surface area contributed by atoms with E-state index in [1.807, 2.05) is 39.0 Å². The summed E-state index contributed by atoms with van der Waals surface area (Å²) in [5, 5.41) is 2.91. The van der Waals surface area contributed by atoms with Crippen molar-refractivity contribution >= 4 is 36.4 Å². The molecule has 0 aliphatic carbocycles. The maximum Gasteiger partial charge on any atom is 0.237 e. The van der Waals surface area contributed by atoms with Crippen molar-refractivity contribution < 1.29 is 4.79 Å². The van der Waals surface area contributed by atoms with E-state index in [0.29, 0.717) is 6.54 Å². The molecule has 0 aliphatic rings. The van der Waals surface area contributed by atoms with Gasteiger partial charge >= 0.3 is 0 Å². The summed E-state index contributed by atoms with van der Waals surface area (Å²) < 4.78 is 0. The average Bonchev–Trinajstić information content (AvgIpc) is 2.42. The Bertz CT molecular complexity index is 421. The molecule has 22 heavy (non-hydrogen) atoms. The third-order valence-electron chi connectivity index (χ3n) is 3.38. The molecule has 0 heterocycles. The normalized spacial score (nSPS) is 11.7. The van der Waals surface area contributed by atoms with Gasteiger partial charge in [0.2, 0.25) is 5.91 Å². The molecule has 0 saturated heterocycles. The van der Waals surface area contributed by atoms with Crippen LogP contribution in [0.25, 0.3) is 0 Å². The molecule has 3 N–H and O–H groups in total. The number of anilines is 1. The molecular formula is C16H29Cl2N3O. The fourth-order valence-corrected chi connectivity index (χ4v) is 1.84. The number of carbonyl (C=O) groups excluding carboxylic acids is 1. The molecule has 0 unspecified atom stereocenters. The van der Waals surface area contributed by atoms with E-state index in [2.05, 4.69) is 29.4 Å². The Balaban J connectivity index is 0. The molecule has 0 saturated carbocycles. The maximum atomic E-state index is 11.9. The smallest absolute Gasteiger partial charge is 0.237 e. The van der Waals surface area contributed by atoms with E-state index in [4.69, 9.17) is 5.73 Å². The van der Waals surface area contributed by atoms with Gasteiger partial charge in [-0.15, -0.1) is 24.8 Å². The van der Waals surface area contributed by atoms with Gasteiger partial charge in [0.1, 0.15) is 0 Å². The molecular weight excluding hydrogens is 321 g/mol. The Kier molecular flexibility index (Phi) is 11.3. The van der Waals surface area contributed by atoms with Gasteiger partial charge < -0.3 is 16.0 Å². The minimum absolute atomic E-state index is 0. The number of hydrogen-bond donors (Lipinski definition) is 2. The second kappa shape index (κ2) is 10.7. The lowest BCUT2D eigenvalue weighted by Crippen LogP contribution is -2.49. The van der Waals surface area contributed by atoms with Gasteiger partial charge in [0.25, 0.3) is 0 Å². The van der Waals surface area contributed by atoms with E-state index in [1.165, 1.54) is 5.69 Å². The van der Waals surface area contributed by atoms with Crippen LogP contribution < -0.4 is 16.0 Å². The van der Waals surface area contributed by atoms with Gasteiger partial charge in [-0.1, -0.05) is 39.0 Å². The van der Waals surface area contributed by atoms with Crippen LogP contribution in [0.1, 0.15) is 27.2 Å². The molecule has 0 aliphatic heterocycles. The zero-order valence-electron chi connectivity index (χ0n) is 13.8. The van der Waals surface area contributed by atoms with Gasteiger partial charge in [0, 0.05) is 25.8 Å². The van der Waals surface area contributed by atoms with Crippen LogP contribution in [0.3, 0.4) is 0 Å². The van der Waals surface area contributed by atoms with Crippen molar-refractivity contribution in [3.8, 4) is 0 Å². The number of nitrogens with two attached hydrogens (primary N) is 1. The Labute approximate surface area is 146 Å². The quantitative estimate of drug-likeness (QED) is 0.776. The molecule has 6 heteroatoms. The molecule has 1 rings (SSSR count). The molecule has 4 nitrogen and oxygen atoms in total. The van der Waals surface area contributed by atoms with Crippen molar-refractivity contribution in [2.24, 2.45) is 11.1 Å². The number of nitrogens with one attached hydrogen (secondary N) is 1. The summed E-state index contributed by atoms with van der Waals surface area (Å²) in [7, 11) is 2.05. The van der Waals surface area contributed by atoms with Gasteiger partial charge in [-0.05, 0) is 24.0 Å². The SMILES string of the molecule is CN(CCCNC(=O)[C@@H](N)C(C)(C)C)c1ccccc1.Cl.Cl. The van der Waals surface area contributed by atoms with Crippen molar-refractivity contribution in [1.29, 1.82) is 0 Å². The molecule has 0 bridgehead atoms. The predicted molar refractivity (Wildman–Crippen MR) is 99.3 cm³/mol. The first-order chi connectivity index (χ1) is 9.32. The summed E-state index contributed by atoms with van der Waals surface area (Å²) in [6.07, 6.45) is 0.897. The van der Waals surface area contributed by atoms with Crippen LogP contribution in [0.2, 0.25) is 0 Å². The topological polar surface area (TPSA) is 58.4 Å². The fourth-order valence-electron chi connectivity index (χ4n) is 1.84. The van der Waals surface area contributed by atoms with Gasteiger partial charge in [-0.2, -0.15) is 0 Å². The van der Waals surface area contributed by atoms with Gasteiger partial charge in [0.15, 0.2) is 0 Å². The van der Waals surface area contributed by atoms with Crippen LogP contribution in [-0.2, 0) is 4.79 Å². The first kappa shape index (κ1) is 23.3. The lowest BCUT2D eigenvalue weighted by atomic mass is 9.87. The lowest BCUT2D eigenvalue weighted by molar-refractivity contribution is -0.124. The van der Waals surface area contributed by atoms with Gasteiger partial charge in [-0.3, -0.25) is 4.79 Å². The van der Waals surface area contributed by atoms with E-state index in [0.717, 1.165) is 13.0 Å². The lowest BCUT2D eigenvalue weighted by Gasteiger charge is -2.26. The van der Waals surface area contributed by atoms with E-state index >= 15 is 0 Å². The van der Waals surface area contributed by atoms with Crippen LogP contribution in [0.5, 0.6) is 0 Å². The second-order valence-electron chi connectivity index (χ2n) is 6.25. The number of benzene rings is 1. The number of halogens is 2. The predicted octanol–water partition coefficient (Wildman–Crippen LogP) is 2.85. The fraction of sp³-hybridized carbons (Fsp3) is 0.562. The Morgan fingerprint density at radius 2 is 1.77 bits per heavy atom. The summed E-state index contributed by atoms with van der Waals surface area (Å²) in [4.78, 5) is 14.0. The minimum Gasteiger partial charge on any atom is -0.375 e. The number of para-hydroxylation sites is 1. The molecule has 1 atom stereocenters. The number of hydrogen-bond acceptors (Lipinski definition) is 3. The largest absolute Gasteiger partial charge is 0.375 e. The molecule has 1 aromatic rings. The number of carbonyl (C=O) groups is 1. The van der Waals surface area contributed by atoms with E-state index in [-0.39, 0.29) is 36.1 Å². The van der Waals surface area contributed by atoms with Crippen molar-refractivity contribution in [3.05, 3.63) is 30.3 Å². The van der Waals surface area contributed by atoms with Crippen LogP contribution >= 0.6 is 24.8 Å². The van der Waals surface area contributed by atoms with E-state index < -0.39 is 6.04 Å². The number of rotatable bonds is 6. The molecule has 0 aromatic heterocycles. The highest BCUT2D eigenvalue weighted by molar-refractivity contribution is 5.85. The monoisotopic (exact) mass is 349 g/mol. The highest BCUT2D eigenvalue weighted by Gasteiger charge is 2.26. The Morgan fingerprint density at radius 3 is 2.27 bits per heavy atom. The van der Waals surface area contributed by atoms with E-state index in [9.17, 15) is 4.79 Å². The van der Waals surface area contributed by atoms with E-state index in [1.54, 1.807) is 0 Å². The van der Waals surface area contributed by atoms with Crippen molar-refractivity contribution in [2.75, 3.05) is 25.0 Å². The molecule has 1 amide bonds. The van der Waals surface area contributed by atoms with Crippen LogP contribution in [0, 0.1) is 5.41 Å². The molecule has 0 fully saturated rings. The third-order valence-corrected chi connectivity index (χ3v) is 3.38. The van der Waals surface area contributed by atoms with Crippen molar-refractivity contribution in [2.45, 2.75) is 33.2 Å². The van der Waals surface area contributed by atoms with Crippen molar-refractivity contribution in [3.63, 3.8) is 0 Å². The van der Waals surface area contributed by atoms with Gasteiger partial charge in [0.05, 0.1) is 6.04 Å². The third kappa shape index (κ3) is 7.87. The zero-order chi connectivity index (χ0) is 15.2. The minimum atomic E-state index is -0.464. The number of nitrogens with zero attached hydrogens (tertiary/aromatic N) is 1. The first-order valence-corrected chi connectivity index (χ1v) is 7.12. The van der Waals surface area contributed by atoms with Crippen LogP contribution in [0.15, 0.2) is 30.3 Å². The summed E-state index contributed by atoms with van der Waals surface area (Å²) in [6.45, 7) is 7.47. The number of amides is 1. The standard InChI is InChI=1S/C16H27N3O.2ClH/c1-16(2,3)14(17)15(20)18-11-8-12-19(4)13-9-6-5-7-10-13;;/h5-7,9-10,14H,8,11-12,17H2,1-4H3,(H,18,20);2*1H/t14-;;/m1../s1. The summed E-state index contributed by atoms with van der Waals surface area (Å²) in [6, 6.07) is 9.74. The maximum absolute atomic E-state index is 11.9. The van der Waals surface area contributed by atoms with Crippen molar-refractivity contribution in [1.82, 2.24) is 5.32 Å². The first-order valence-electron chi connectivity index (χ1n) is 7.12.